The Morgan fingerprint density at radius 1 is 1.12 bits per heavy atom. The smallest absolute Gasteiger partial charge is 0.287 e. The van der Waals surface area contributed by atoms with Crippen LogP contribution in [0.3, 0.4) is 0 Å². The van der Waals surface area contributed by atoms with Gasteiger partial charge in [0.05, 0.1) is 19.3 Å². The SMILES string of the molecule is Cc1cc2oc(C(=O)NC[C@@H](c3ccc(C(C)(C)C)cc3)N3CCOCC3)c(C)c2cc1Cl. The van der Waals surface area contributed by atoms with Crippen molar-refractivity contribution in [2.24, 2.45) is 0 Å². The minimum atomic E-state index is -0.206. The monoisotopic (exact) mass is 468 g/mol. The van der Waals surface area contributed by atoms with E-state index >= 15 is 0 Å². The van der Waals surface area contributed by atoms with Gasteiger partial charge in [0.1, 0.15) is 5.58 Å². The second kappa shape index (κ2) is 9.49. The molecule has 0 radical (unpaired) electrons. The lowest BCUT2D eigenvalue weighted by molar-refractivity contribution is 0.0161. The number of hydrogen-bond donors (Lipinski definition) is 1. The van der Waals surface area contributed by atoms with Crippen molar-refractivity contribution in [1.82, 2.24) is 10.2 Å². The van der Waals surface area contributed by atoms with Gasteiger partial charge in [0.25, 0.3) is 5.91 Å². The summed E-state index contributed by atoms with van der Waals surface area (Å²) in [7, 11) is 0. The zero-order chi connectivity index (χ0) is 23.8. The van der Waals surface area contributed by atoms with Gasteiger partial charge in [0.15, 0.2) is 5.76 Å². The lowest BCUT2D eigenvalue weighted by Crippen LogP contribution is -2.43. The lowest BCUT2D eigenvalue weighted by Gasteiger charge is -2.35. The van der Waals surface area contributed by atoms with E-state index in [1.54, 1.807) is 0 Å². The number of nitrogens with zero attached hydrogens (tertiary/aromatic N) is 1. The molecule has 1 aliphatic rings. The Morgan fingerprint density at radius 2 is 1.79 bits per heavy atom. The molecule has 0 saturated carbocycles. The number of rotatable bonds is 5. The number of morpholine rings is 1. The molecule has 1 fully saturated rings. The largest absolute Gasteiger partial charge is 0.451 e. The molecule has 2 heterocycles. The molecule has 176 valence electrons. The van der Waals surface area contributed by atoms with Crippen LogP contribution in [0.4, 0.5) is 0 Å². The Bertz CT molecular complexity index is 1140. The van der Waals surface area contributed by atoms with Gasteiger partial charge in [0.2, 0.25) is 0 Å². The summed E-state index contributed by atoms with van der Waals surface area (Å²) in [5, 5.41) is 4.67. The Morgan fingerprint density at radius 3 is 2.42 bits per heavy atom. The molecule has 0 unspecified atom stereocenters. The van der Waals surface area contributed by atoms with Crippen LogP contribution in [-0.2, 0) is 10.2 Å². The zero-order valence-electron chi connectivity index (χ0n) is 20.1. The van der Waals surface area contributed by atoms with Crippen molar-refractivity contribution in [2.45, 2.75) is 46.1 Å². The molecule has 5 nitrogen and oxygen atoms in total. The fraction of sp³-hybridized carbons (Fsp3) is 0.444. The highest BCUT2D eigenvalue weighted by Crippen LogP contribution is 2.31. The number of carbonyl (C=O) groups is 1. The summed E-state index contributed by atoms with van der Waals surface area (Å²) in [4.78, 5) is 15.5. The molecule has 1 aliphatic heterocycles. The van der Waals surface area contributed by atoms with E-state index in [-0.39, 0.29) is 17.4 Å². The number of halogens is 1. The van der Waals surface area contributed by atoms with Gasteiger partial charge in [-0.05, 0) is 48.1 Å². The van der Waals surface area contributed by atoms with Crippen LogP contribution >= 0.6 is 11.6 Å². The Labute approximate surface area is 201 Å². The summed E-state index contributed by atoms with van der Waals surface area (Å²) in [6.07, 6.45) is 0. The highest BCUT2D eigenvalue weighted by molar-refractivity contribution is 6.32. The summed E-state index contributed by atoms with van der Waals surface area (Å²) < 4.78 is 11.5. The third kappa shape index (κ3) is 5.11. The third-order valence-electron chi connectivity index (χ3n) is 6.53. The summed E-state index contributed by atoms with van der Waals surface area (Å²) in [5.41, 5.74) is 5.00. The standard InChI is InChI=1S/C27H33ClN2O3/c1-17-14-24-21(15-22(17)28)18(2)25(33-24)26(31)29-16-23(30-10-12-32-13-11-30)19-6-8-20(9-7-19)27(3,4)5/h6-9,14-15,23H,10-13,16H2,1-5H3,(H,29,31)/t23-/m0/s1. The van der Waals surface area contributed by atoms with Gasteiger partial charge in [-0.15, -0.1) is 0 Å². The van der Waals surface area contributed by atoms with E-state index in [4.69, 9.17) is 20.8 Å². The van der Waals surface area contributed by atoms with E-state index in [9.17, 15) is 4.79 Å². The number of benzene rings is 2. The van der Waals surface area contributed by atoms with Gasteiger partial charge in [-0.1, -0.05) is 56.6 Å². The molecule has 4 rings (SSSR count). The molecular weight excluding hydrogens is 436 g/mol. The van der Waals surface area contributed by atoms with Crippen molar-refractivity contribution in [1.29, 1.82) is 0 Å². The van der Waals surface area contributed by atoms with Crippen LogP contribution in [0.15, 0.2) is 40.8 Å². The fourth-order valence-electron chi connectivity index (χ4n) is 4.38. The van der Waals surface area contributed by atoms with Crippen LogP contribution in [0, 0.1) is 13.8 Å². The molecule has 3 aromatic rings. The van der Waals surface area contributed by atoms with Crippen LogP contribution in [0.5, 0.6) is 0 Å². The summed E-state index contributed by atoms with van der Waals surface area (Å²) in [6.45, 7) is 14.0. The van der Waals surface area contributed by atoms with Gasteiger partial charge < -0.3 is 14.5 Å². The quantitative estimate of drug-likeness (QED) is 0.513. The van der Waals surface area contributed by atoms with Gasteiger partial charge >= 0.3 is 0 Å². The average molecular weight is 469 g/mol. The second-order valence-electron chi connectivity index (χ2n) is 9.90. The third-order valence-corrected chi connectivity index (χ3v) is 6.93. The maximum Gasteiger partial charge on any atom is 0.287 e. The first-order valence-electron chi connectivity index (χ1n) is 11.5. The zero-order valence-corrected chi connectivity index (χ0v) is 20.9. The van der Waals surface area contributed by atoms with Crippen molar-refractivity contribution in [3.63, 3.8) is 0 Å². The van der Waals surface area contributed by atoms with Crippen molar-refractivity contribution in [3.05, 3.63) is 69.4 Å². The fourth-order valence-corrected chi connectivity index (χ4v) is 4.54. The van der Waals surface area contributed by atoms with Crippen molar-refractivity contribution >= 4 is 28.5 Å². The van der Waals surface area contributed by atoms with Gasteiger partial charge in [0, 0.05) is 35.6 Å². The molecule has 2 aromatic carbocycles. The van der Waals surface area contributed by atoms with E-state index in [2.05, 4.69) is 55.3 Å². The highest BCUT2D eigenvalue weighted by Gasteiger charge is 2.26. The summed E-state index contributed by atoms with van der Waals surface area (Å²) in [6, 6.07) is 12.6. The first kappa shape index (κ1) is 23.8. The topological polar surface area (TPSA) is 54.7 Å². The predicted molar refractivity (Wildman–Crippen MR) is 133 cm³/mol. The number of aryl methyl sites for hydroxylation is 2. The van der Waals surface area contributed by atoms with Crippen LogP contribution in [0.2, 0.25) is 5.02 Å². The first-order chi connectivity index (χ1) is 15.6. The van der Waals surface area contributed by atoms with E-state index in [1.807, 2.05) is 26.0 Å². The Balaban J connectivity index is 1.56. The Kier molecular flexibility index (Phi) is 6.85. The van der Waals surface area contributed by atoms with Crippen LogP contribution in [0.1, 0.15) is 59.6 Å². The number of furan rings is 1. The molecule has 33 heavy (non-hydrogen) atoms. The number of ether oxygens (including phenoxy) is 1. The summed E-state index contributed by atoms with van der Waals surface area (Å²) in [5.74, 6) is 0.137. The molecule has 1 aromatic heterocycles. The van der Waals surface area contributed by atoms with Crippen LogP contribution in [0.25, 0.3) is 11.0 Å². The normalized spacial score (nSPS) is 16.2. The maximum atomic E-state index is 13.1. The molecule has 1 saturated heterocycles. The molecule has 1 N–H and O–H groups in total. The summed E-state index contributed by atoms with van der Waals surface area (Å²) >= 11 is 6.29. The number of nitrogens with one attached hydrogen (secondary N) is 1. The molecule has 6 heteroatoms. The van der Waals surface area contributed by atoms with Crippen molar-refractivity contribution in [3.8, 4) is 0 Å². The second-order valence-corrected chi connectivity index (χ2v) is 10.3. The molecule has 0 bridgehead atoms. The van der Waals surface area contributed by atoms with Gasteiger partial charge in [-0.2, -0.15) is 0 Å². The molecule has 0 aliphatic carbocycles. The first-order valence-corrected chi connectivity index (χ1v) is 11.9. The molecule has 1 amide bonds. The molecule has 1 atom stereocenters. The average Bonchev–Trinajstić information content (AvgIpc) is 3.10. The number of amides is 1. The predicted octanol–water partition coefficient (Wildman–Crippen LogP) is 5.80. The number of hydrogen-bond acceptors (Lipinski definition) is 4. The molecular formula is C27H33ClN2O3. The number of fused-ring (bicyclic) bond motifs is 1. The van der Waals surface area contributed by atoms with E-state index in [0.29, 0.717) is 36.1 Å². The van der Waals surface area contributed by atoms with Crippen LogP contribution in [-0.4, -0.2) is 43.7 Å². The maximum absolute atomic E-state index is 13.1. The van der Waals surface area contributed by atoms with E-state index in [1.165, 1.54) is 11.1 Å². The lowest BCUT2D eigenvalue weighted by atomic mass is 9.86. The minimum absolute atomic E-state index is 0.0632. The highest BCUT2D eigenvalue weighted by atomic mass is 35.5. The van der Waals surface area contributed by atoms with Crippen molar-refractivity contribution in [2.75, 3.05) is 32.8 Å². The van der Waals surface area contributed by atoms with Gasteiger partial charge in [-0.3, -0.25) is 9.69 Å². The number of carbonyl (C=O) groups excluding carboxylic acids is 1. The van der Waals surface area contributed by atoms with E-state index in [0.717, 1.165) is 29.6 Å². The Hall–Kier alpha value is -2.34. The molecule has 0 spiro atoms. The van der Waals surface area contributed by atoms with E-state index < -0.39 is 0 Å². The van der Waals surface area contributed by atoms with Crippen molar-refractivity contribution < 1.29 is 13.9 Å². The minimum Gasteiger partial charge on any atom is -0.451 e. The van der Waals surface area contributed by atoms with Crippen LogP contribution < -0.4 is 5.32 Å². The van der Waals surface area contributed by atoms with Gasteiger partial charge in [-0.25, -0.2) is 0 Å².